The van der Waals surface area contributed by atoms with E-state index in [0.717, 1.165) is 37.3 Å². The molecule has 0 saturated heterocycles. The quantitative estimate of drug-likeness (QED) is 0.400. The van der Waals surface area contributed by atoms with E-state index >= 15 is 0 Å². The first kappa shape index (κ1) is 22.3. The normalized spacial score (nSPS) is 12.0. The molecule has 11 heteroatoms. The highest BCUT2D eigenvalue weighted by Crippen LogP contribution is 2.35. The molecule has 3 rings (SSSR count). The number of aromatic nitrogens is 1. The Morgan fingerprint density at radius 1 is 0.806 bits per heavy atom. The van der Waals surface area contributed by atoms with E-state index in [1.54, 1.807) is 0 Å². The summed E-state index contributed by atoms with van der Waals surface area (Å²) in [5, 5.41) is 0. The Morgan fingerprint density at radius 3 is 2.00 bits per heavy atom. The molecule has 2 aromatic carbocycles. The zero-order valence-corrected chi connectivity index (χ0v) is 15.4. The standard InChI is InChI=1S/C20H11F8NO2/c1-10-15(21)17(11-5-7-12(8-6-11)19(23,24)25)29-18(16(10)22)30-13-3-2-4-14(9-13)31-20(26,27)28/h2-9H,1H3. The van der Waals surface area contributed by atoms with Crippen LogP contribution in [0.3, 0.4) is 0 Å². The van der Waals surface area contributed by atoms with E-state index < -0.39 is 52.6 Å². The molecule has 0 radical (unpaired) electrons. The number of hydrogen-bond acceptors (Lipinski definition) is 3. The Hall–Kier alpha value is -3.37. The summed E-state index contributed by atoms with van der Waals surface area (Å²) >= 11 is 0. The van der Waals surface area contributed by atoms with Gasteiger partial charge in [0, 0.05) is 17.2 Å². The van der Waals surface area contributed by atoms with Crippen molar-refractivity contribution in [1.29, 1.82) is 0 Å². The lowest BCUT2D eigenvalue weighted by atomic mass is 10.1. The third-order valence-corrected chi connectivity index (χ3v) is 4.01. The molecule has 0 saturated carbocycles. The summed E-state index contributed by atoms with van der Waals surface area (Å²) in [7, 11) is 0. The van der Waals surface area contributed by atoms with Crippen LogP contribution in [0.15, 0.2) is 48.5 Å². The smallest absolute Gasteiger partial charge is 0.436 e. The number of halogens is 8. The van der Waals surface area contributed by atoms with Gasteiger partial charge < -0.3 is 9.47 Å². The highest BCUT2D eigenvalue weighted by Gasteiger charge is 2.32. The molecule has 0 N–H and O–H groups in total. The van der Waals surface area contributed by atoms with Crippen molar-refractivity contribution in [2.24, 2.45) is 0 Å². The number of nitrogens with zero attached hydrogens (tertiary/aromatic N) is 1. The maximum absolute atomic E-state index is 14.5. The molecule has 0 amide bonds. The average molecular weight is 449 g/mol. The van der Waals surface area contributed by atoms with E-state index in [4.69, 9.17) is 4.74 Å². The fraction of sp³-hybridized carbons (Fsp3) is 0.150. The molecule has 0 bridgehead atoms. The Morgan fingerprint density at radius 2 is 1.42 bits per heavy atom. The van der Waals surface area contributed by atoms with Gasteiger partial charge in [-0.1, -0.05) is 18.2 Å². The molecule has 3 aromatic rings. The summed E-state index contributed by atoms with van der Waals surface area (Å²) in [4.78, 5) is 3.68. The first-order valence-electron chi connectivity index (χ1n) is 8.42. The molecule has 0 aliphatic heterocycles. The third kappa shape index (κ3) is 5.22. The lowest BCUT2D eigenvalue weighted by Gasteiger charge is -2.14. The summed E-state index contributed by atoms with van der Waals surface area (Å²) in [5.41, 5.74) is -2.10. The van der Waals surface area contributed by atoms with Crippen LogP contribution in [-0.2, 0) is 6.18 Å². The van der Waals surface area contributed by atoms with Gasteiger partial charge in [0.25, 0.3) is 5.88 Å². The molecule has 0 aliphatic carbocycles. The van der Waals surface area contributed by atoms with Gasteiger partial charge in [0.15, 0.2) is 11.6 Å². The van der Waals surface area contributed by atoms with Crippen molar-refractivity contribution in [2.45, 2.75) is 19.5 Å². The van der Waals surface area contributed by atoms with Crippen LogP contribution in [0.1, 0.15) is 11.1 Å². The number of ether oxygens (including phenoxy) is 2. The third-order valence-electron chi connectivity index (χ3n) is 4.01. The van der Waals surface area contributed by atoms with Crippen molar-refractivity contribution >= 4 is 0 Å². The molecular formula is C20H11F8NO2. The molecule has 0 spiro atoms. The molecule has 1 heterocycles. The first-order chi connectivity index (χ1) is 14.3. The predicted molar refractivity (Wildman–Crippen MR) is 92.5 cm³/mol. The van der Waals surface area contributed by atoms with Crippen molar-refractivity contribution in [3.8, 4) is 28.6 Å². The van der Waals surface area contributed by atoms with Crippen LogP contribution in [0.5, 0.6) is 17.4 Å². The molecule has 164 valence electrons. The number of rotatable bonds is 4. The Kier molecular flexibility index (Phi) is 5.79. The Labute approximate surface area is 169 Å². The van der Waals surface area contributed by atoms with E-state index in [2.05, 4.69) is 9.72 Å². The minimum absolute atomic E-state index is 0.0902. The highest BCUT2D eigenvalue weighted by molar-refractivity contribution is 5.62. The monoisotopic (exact) mass is 449 g/mol. The van der Waals surface area contributed by atoms with Crippen LogP contribution in [0, 0.1) is 18.6 Å². The van der Waals surface area contributed by atoms with Crippen molar-refractivity contribution < 1.29 is 44.6 Å². The van der Waals surface area contributed by atoms with Crippen molar-refractivity contribution in [1.82, 2.24) is 4.98 Å². The van der Waals surface area contributed by atoms with Crippen molar-refractivity contribution in [2.75, 3.05) is 0 Å². The molecule has 1 aromatic heterocycles. The second kappa shape index (κ2) is 8.05. The van der Waals surface area contributed by atoms with Gasteiger partial charge in [-0.25, -0.2) is 13.8 Å². The highest BCUT2D eigenvalue weighted by atomic mass is 19.4. The largest absolute Gasteiger partial charge is 0.573 e. The number of alkyl halides is 6. The summed E-state index contributed by atoms with van der Waals surface area (Å²) < 4.78 is 113. The summed E-state index contributed by atoms with van der Waals surface area (Å²) in [6, 6.07) is 7.42. The van der Waals surface area contributed by atoms with Crippen LogP contribution in [0.4, 0.5) is 35.1 Å². The Balaban J connectivity index is 1.98. The molecule has 31 heavy (non-hydrogen) atoms. The van der Waals surface area contributed by atoms with Gasteiger partial charge in [-0.3, -0.25) is 0 Å². The SMILES string of the molecule is Cc1c(F)c(Oc2cccc(OC(F)(F)F)c2)nc(-c2ccc(C(F)(F)F)cc2)c1F. The van der Waals surface area contributed by atoms with E-state index in [1.807, 2.05) is 0 Å². The van der Waals surface area contributed by atoms with Crippen LogP contribution >= 0.6 is 0 Å². The molecular weight excluding hydrogens is 438 g/mol. The molecule has 3 nitrogen and oxygen atoms in total. The van der Waals surface area contributed by atoms with Gasteiger partial charge in [-0.05, 0) is 31.2 Å². The number of hydrogen-bond donors (Lipinski definition) is 0. The van der Waals surface area contributed by atoms with Crippen LogP contribution in [0.25, 0.3) is 11.3 Å². The van der Waals surface area contributed by atoms with Crippen molar-refractivity contribution in [3.05, 3.63) is 71.3 Å². The van der Waals surface area contributed by atoms with Gasteiger partial charge in [0.2, 0.25) is 0 Å². The summed E-state index contributed by atoms with van der Waals surface area (Å²) in [6.45, 7) is 1.05. The van der Waals surface area contributed by atoms with E-state index in [0.29, 0.717) is 12.1 Å². The first-order valence-corrected chi connectivity index (χ1v) is 8.42. The van der Waals surface area contributed by atoms with Crippen LogP contribution < -0.4 is 9.47 Å². The number of benzene rings is 2. The van der Waals surface area contributed by atoms with E-state index in [1.165, 1.54) is 6.07 Å². The topological polar surface area (TPSA) is 31.4 Å². The molecule has 0 atom stereocenters. The van der Waals surface area contributed by atoms with Gasteiger partial charge in [0.05, 0.1) is 5.56 Å². The maximum Gasteiger partial charge on any atom is 0.573 e. The maximum atomic E-state index is 14.5. The minimum Gasteiger partial charge on any atom is -0.436 e. The van der Waals surface area contributed by atoms with Crippen LogP contribution in [-0.4, -0.2) is 11.3 Å². The minimum atomic E-state index is -4.97. The fourth-order valence-electron chi connectivity index (χ4n) is 2.56. The fourth-order valence-corrected chi connectivity index (χ4v) is 2.56. The Bertz CT molecular complexity index is 1090. The average Bonchev–Trinajstić information content (AvgIpc) is 2.67. The van der Waals surface area contributed by atoms with Crippen molar-refractivity contribution in [3.63, 3.8) is 0 Å². The zero-order chi connectivity index (χ0) is 23.0. The summed E-state index contributed by atoms with van der Waals surface area (Å²) in [5.74, 6) is -4.07. The second-order valence-electron chi connectivity index (χ2n) is 6.22. The van der Waals surface area contributed by atoms with Gasteiger partial charge in [0.1, 0.15) is 17.2 Å². The van der Waals surface area contributed by atoms with Gasteiger partial charge in [-0.15, -0.1) is 13.2 Å². The van der Waals surface area contributed by atoms with E-state index in [-0.39, 0.29) is 11.3 Å². The van der Waals surface area contributed by atoms with Crippen LogP contribution in [0.2, 0.25) is 0 Å². The second-order valence-corrected chi connectivity index (χ2v) is 6.22. The number of pyridine rings is 1. The zero-order valence-electron chi connectivity index (χ0n) is 15.4. The lowest BCUT2D eigenvalue weighted by molar-refractivity contribution is -0.274. The predicted octanol–water partition coefficient (Wildman–Crippen LogP) is 7.04. The lowest BCUT2D eigenvalue weighted by Crippen LogP contribution is -2.17. The van der Waals surface area contributed by atoms with E-state index in [9.17, 15) is 35.1 Å². The molecule has 0 fully saturated rings. The van der Waals surface area contributed by atoms with Gasteiger partial charge in [-0.2, -0.15) is 13.2 Å². The van der Waals surface area contributed by atoms with Gasteiger partial charge >= 0.3 is 12.5 Å². The summed E-state index contributed by atoms with van der Waals surface area (Å²) in [6.07, 6.45) is -9.58. The molecule has 0 unspecified atom stereocenters. The molecule has 0 aliphatic rings.